The lowest BCUT2D eigenvalue weighted by Gasteiger charge is -2.38. The molecule has 1 heterocycles. The van der Waals surface area contributed by atoms with Crippen LogP contribution in [0, 0.1) is 5.92 Å². The summed E-state index contributed by atoms with van der Waals surface area (Å²) < 4.78 is 29.0. The molecule has 0 aromatic carbocycles. The summed E-state index contributed by atoms with van der Waals surface area (Å²) in [5.41, 5.74) is 5.31. The molecule has 1 fully saturated rings. The van der Waals surface area contributed by atoms with Crippen molar-refractivity contribution in [1.82, 2.24) is 14.3 Å². The molecule has 0 radical (unpaired) electrons. The van der Waals surface area contributed by atoms with Crippen molar-refractivity contribution in [2.45, 2.75) is 43.2 Å². The number of nitrogens with two attached hydrogens (primary N) is 1. The van der Waals surface area contributed by atoms with E-state index in [-0.39, 0.29) is 5.03 Å². The van der Waals surface area contributed by atoms with Gasteiger partial charge in [0.15, 0.2) is 5.03 Å². The SMILES string of the molecule is CC1CCC(CN)(NS(=O)(=O)c2cn(C)cn2)CC1. The van der Waals surface area contributed by atoms with Crippen molar-refractivity contribution in [2.24, 2.45) is 18.7 Å². The topological polar surface area (TPSA) is 90.0 Å². The van der Waals surface area contributed by atoms with Gasteiger partial charge >= 0.3 is 0 Å². The average Bonchev–Trinajstić information content (AvgIpc) is 2.80. The van der Waals surface area contributed by atoms with E-state index in [1.165, 1.54) is 12.5 Å². The van der Waals surface area contributed by atoms with Gasteiger partial charge in [-0.15, -0.1) is 0 Å². The van der Waals surface area contributed by atoms with Crippen LogP contribution in [0.15, 0.2) is 17.6 Å². The fraction of sp³-hybridized carbons (Fsp3) is 0.750. The van der Waals surface area contributed by atoms with Crippen LogP contribution in [0.4, 0.5) is 0 Å². The molecule has 0 saturated heterocycles. The van der Waals surface area contributed by atoms with Gasteiger partial charge in [-0.3, -0.25) is 0 Å². The minimum atomic E-state index is -3.59. The van der Waals surface area contributed by atoms with Gasteiger partial charge < -0.3 is 10.3 Å². The second-order valence-electron chi connectivity index (χ2n) is 5.65. The Labute approximate surface area is 114 Å². The molecule has 6 nitrogen and oxygen atoms in total. The Hall–Kier alpha value is -0.920. The predicted octanol–water partition coefficient (Wildman–Crippen LogP) is 0.606. The first-order valence-corrected chi connectivity index (χ1v) is 8.07. The number of aromatic nitrogens is 2. The number of nitrogens with zero attached hydrogens (tertiary/aromatic N) is 2. The van der Waals surface area contributed by atoms with Crippen LogP contribution in [0.25, 0.3) is 0 Å². The molecule has 2 rings (SSSR count). The second-order valence-corrected chi connectivity index (χ2v) is 7.28. The van der Waals surface area contributed by atoms with Crippen molar-refractivity contribution in [3.8, 4) is 0 Å². The minimum Gasteiger partial charge on any atom is -0.339 e. The zero-order chi connectivity index (χ0) is 14.1. The van der Waals surface area contributed by atoms with Crippen LogP contribution < -0.4 is 10.5 Å². The van der Waals surface area contributed by atoms with Crippen LogP contribution in [0.5, 0.6) is 0 Å². The lowest BCUT2D eigenvalue weighted by molar-refractivity contribution is 0.231. The lowest BCUT2D eigenvalue weighted by Crippen LogP contribution is -2.55. The summed E-state index contributed by atoms with van der Waals surface area (Å²) in [4.78, 5) is 3.90. The molecule has 108 valence electrons. The van der Waals surface area contributed by atoms with Crippen molar-refractivity contribution in [3.05, 3.63) is 12.5 Å². The molecular formula is C12H22N4O2S. The Morgan fingerprint density at radius 3 is 2.63 bits per heavy atom. The highest BCUT2D eigenvalue weighted by Crippen LogP contribution is 2.32. The molecule has 0 spiro atoms. The molecule has 1 aromatic heterocycles. The average molecular weight is 286 g/mol. The maximum Gasteiger partial charge on any atom is 0.260 e. The Kier molecular flexibility index (Phi) is 3.98. The largest absolute Gasteiger partial charge is 0.339 e. The van der Waals surface area contributed by atoms with Gasteiger partial charge in [0, 0.05) is 25.3 Å². The monoisotopic (exact) mass is 286 g/mol. The zero-order valence-electron chi connectivity index (χ0n) is 11.5. The van der Waals surface area contributed by atoms with E-state index < -0.39 is 15.6 Å². The van der Waals surface area contributed by atoms with Crippen LogP contribution in [-0.4, -0.2) is 30.1 Å². The molecule has 3 N–H and O–H groups in total. The van der Waals surface area contributed by atoms with Crippen molar-refractivity contribution in [2.75, 3.05) is 6.54 Å². The van der Waals surface area contributed by atoms with Gasteiger partial charge in [0.1, 0.15) is 0 Å². The first-order valence-electron chi connectivity index (χ1n) is 6.59. The first kappa shape index (κ1) is 14.5. The van der Waals surface area contributed by atoms with E-state index in [1.54, 1.807) is 11.6 Å². The third kappa shape index (κ3) is 3.16. The van der Waals surface area contributed by atoms with E-state index in [4.69, 9.17) is 5.73 Å². The lowest BCUT2D eigenvalue weighted by atomic mass is 9.78. The van der Waals surface area contributed by atoms with Crippen molar-refractivity contribution < 1.29 is 8.42 Å². The second kappa shape index (κ2) is 5.22. The van der Waals surface area contributed by atoms with Gasteiger partial charge in [-0.05, 0) is 31.6 Å². The van der Waals surface area contributed by atoms with Crippen molar-refractivity contribution >= 4 is 10.0 Å². The molecular weight excluding hydrogens is 264 g/mol. The molecule has 0 atom stereocenters. The van der Waals surface area contributed by atoms with Crippen LogP contribution in [-0.2, 0) is 17.1 Å². The Morgan fingerprint density at radius 2 is 2.16 bits per heavy atom. The maximum atomic E-state index is 12.3. The normalized spacial score (nSPS) is 28.5. The van der Waals surface area contributed by atoms with E-state index in [2.05, 4.69) is 16.6 Å². The molecule has 1 aliphatic carbocycles. The molecule has 1 aliphatic rings. The predicted molar refractivity (Wildman–Crippen MR) is 72.9 cm³/mol. The summed E-state index contributed by atoms with van der Waals surface area (Å²) in [6.45, 7) is 2.51. The van der Waals surface area contributed by atoms with E-state index >= 15 is 0 Å². The fourth-order valence-electron chi connectivity index (χ4n) is 2.53. The van der Waals surface area contributed by atoms with Crippen LogP contribution >= 0.6 is 0 Å². The Balaban J connectivity index is 2.18. The van der Waals surface area contributed by atoms with Crippen LogP contribution in [0.1, 0.15) is 32.6 Å². The quantitative estimate of drug-likeness (QED) is 0.848. The molecule has 0 aliphatic heterocycles. The molecule has 19 heavy (non-hydrogen) atoms. The summed E-state index contributed by atoms with van der Waals surface area (Å²) in [6, 6.07) is 0. The standard InChI is InChI=1S/C12H22N4O2S/c1-10-3-5-12(8-13,6-4-10)15-19(17,18)11-7-16(2)9-14-11/h7,9-10,15H,3-6,8,13H2,1-2H3. The molecule has 1 aromatic rings. The fourth-order valence-corrected chi connectivity index (χ4v) is 3.98. The third-order valence-electron chi connectivity index (χ3n) is 3.93. The highest BCUT2D eigenvalue weighted by Gasteiger charge is 2.37. The summed E-state index contributed by atoms with van der Waals surface area (Å²) in [7, 11) is -1.85. The first-order chi connectivity index (χ1) is 8.87. The summed E-state index contributed by atoms with van der Waals surface area (Å²) in [5.74, 6) is 0.638. The van der Waals surface area contributed by atoms with Crippen molar-refractivity contribution in [3.63, 3.8) is 0 Å². The van der Waals surface area contributed by atoms with Gasteiger partial charge in [0.25, 0.3) is 10.0 Å². The van der Waals surface area contributed by atoms with Gasteiger partial charge in [-0.25, -0.2) is 18.1 Å². The summed E-state index contributed by atoms with van der Waals surface area (Å²) in [5, 5.41) is 0.0569. The van der Waals surface area contributed by atoms with E-state index in [0.29, 0.717) is 12.5 Å². The number of sulfonamides is 1. The molecule has 1 saturated carbocycles. The highest BCUT2D eigenvalue weighted by molar-refractivity contribution is 7.89. The van der Waals surface area contributed by atoms with Crippen molar-refractivity contribution in [1.29, 1.82) is 0 Å². The number of hydrogen-bond donors (Lipinski definition) is 2. The number of rotatable bonds is 4. The molecule has 0 bridgehead atoms. The van der Waals surface area contributed by atoms with Gasteiger partial charge in [-0.2, -0.15) is 0 Å². The number of imidazole rings is 1. The molecule has 0 unspecified atom stereocenters. The maximum absolute atomic E-state index is 12.3. The van der Waals surface area contributed by atoms with Gasteiger partial charge in [0.05, 0.1) is 6.33 Å². The minimum absolute atomic E-state index is 0.0569. The number of hydrogen-bond acceptors (Lipinski definition) is 4. The zero-order valence-corrected chi connectivity index (χ0v) is 12.3. The smallest absolute Gasteiger partial charge is 0.260 e. The number of aryl methyl sites for hydroxylation is 1. The third-order valence-corrected chi connectivity index (χ3v) is 5.39. The molecule has 7 heteroatoms. The summed E-state index contributed by atoms with van der Waals surface area (Å²) >= 11 is 0. The Morgan fingerprint density at radius 1 is 1.53 bits per heavy atom. The Bertz CT molecular complexity index is 530. The van der Waals surface area contributed by atoms with E-state index in [9.17, 15) is 8.42 Å². The van der Waals surface area contributed by atoms with Gasteiger partial charge in [0.2, 0.25) is 0 Å². The van der Waals surface area contributed by atoms with E-state index in [0.717, 1.165) is 25.7 Å². The number of nitrogens with one attached hydrogen (secondary N) is 1. The van der Waals surface area contributed by atoms with Crippen LogP contribution in [0.2, 0.25) is 0 Å². The highest BCUT2D eigenvalue weighted by atomic mass is 32.2. The summed E-state index contributed by atoms with van der Waals surface area (Å²) in [6.07, 6.45) is 6.56. The van der Waals surface area contributed by atoms with Crippen LogP contribution in [0.3, 0.4) is 0 Å². The molecule has 0 amide bonds. The van der Waals surface area contributed by atoms with Gasteiger partial charge in [-0.1, -0.05) is 6.92 Å². The van der Waals surface area contributed by atoms with E-state index in [1.807, 2.05) is 0 Å².